The van der Waals surface area contributed by atoms with Gasteiger partial charge in [0.25, 0.3) is 11.5 Å². The first-order chi connectivity index (χ1) is 15.2. The largest absolute Gasteiger partial charge is 0.478 e. The van der Waals surface area contributed by atoms with Crippen LogP contribution in [0.3, 0.4) is 0 Å². The van der Waals surface area contributed by atoms with Crippen LogP contribution in [0.4, 0.5) is 5.00 Å². The van der Waals surface area contributed by atoms with Gasteiger partial charge < -0.3 is 16.2 Å². The molecule has 3 heterocycles. The molecule has 4 rings (SSSR count). The molecule has 0 aliphatic heterocycles. The second-order valence-electron chi connectivity index (χ2n) is 7.88. The molecule has 32 heavy (non-hydrogen) atoms. The van der Waals surface area contributed by atoms with Crippen LogP contribution in [0.15, 0.2) is 10.2 Å². The first-order valence-corrected chi connectivity index (χ1v) is 11.9. The maximum absolute atomic E-state index is 13.1. The summed E-state index contributed by atoms with van der Waals surface area (Å²) in [5.74, 6) is -1.45. The normalized spacial score (nSPS) is 15.5. The van der Waals surface area contributed by atoms with Gasteiger partial charge in [-0.2, -0.15) is 0 Å². The summed E-state index contributed by atoms with van der Waals surface area (Å²) >= 11 is 2.43. The van der Waals surface area contributed by atoms with Gasteiger partial charge in [-0.3, -0.25) is 19.0 Å². The SMILES string of the molecule is CCc1nc2scc(C(=O)O)c2c(=O)n1CC(=O)Nc1sc2c(c1C(N)=O)CCC(C)C2. The third-order valence-corrected chi connectivity index (χ3v) is 7.67. The van der Waals surface area contributed by atoms with E-state index in [0.29, 0.717) is 33.6 Å². The Balaban J connectivity index is 1.69. The molecule has 3 aromatic rings. The maximum atomic E-state index is 13.1. The maximum Gasteiger partial charge on any atom is 0.337 e. The number of nitrogens with two attached hydrogens (primary N) is 1. The Morgan fingerprint density at radius 3 is 2.78 bits per heavy atom. The molecule has 4 N–H and O–H groups in total. The second-order valence-corrected chi connectivity index (χ2v) is 9.84. The van der Waals surface area contributed by atoms with E-state index in [1.165, 1.54) is 21.3 Å². The Kier molecular flexibility index (Phi) is 5.87. The predicted octanol–water partition coefficient (Wildman–Crippen LogP) is 2.64. The summed E-state index contributed by atoms with van der Waals surface area (Å²) < 4.78 is 1.19. The van der Waals surface area contributed by atoms with E-state index < -0.39 is 23.3 Å². The Hall–Kier alpha value is -3.05. The summed E-state index contributed by atoms with van der Waals surface area (Å²) in [5, 5.41) is 13.9. The van der Waals surface area contributed by atoms with E-state index in [4.69, 9.17) is 5.73 Å². The number of primary amides is 1. The molecule has 2 amide bonds. The lowest BCUT2D eigenvalue weighted by Crippen LogP contribution is -2.31. The number of carboxylic acid groups (broad SMARTS) is 1. The molecule has 9 nitrogen and oxygen atoms in total. The first-order valence-electron chi connectivity index (χ1n) is 10.2. The minimum absolute atomic E-state index is 0.00843. The van der Waals surface area contributed by atoms with Crippen LogP contribution in [-0.2, 0) is 30.6 Å². The number of rotatable bonds is 6. The van der Waals surface area contributed by atoms with Crippen LogP contribution in [0, 0.1) is 5.92 Å². The molecule has 0 fully saturated rings. The van der Waals surface area contributed by atoms with Gasteiger partial charge in [-0.25, -0.2) is 9.78 Å². The number of carboxylic acids is 1. The number of hydrogen-bond donors (Lipinski definition) is 3. The average molecular weight is 475 g/mol. The Morgan fingerprint density at radius 1 is 1.38 bits per heavy atom. The van der Waals surface area contributed by atoms with Crippen molar-refractivity contribution in [2.45, 2.75) is 46.1 Å². The van der Waals surface area contributed by atoms with E-state index in [-0.39, 0.29) is 17.5 Å². The molecule has 1 unspecified atom stereocenters. The minimum Gasteiger partial charge on any atom is -0.478 e. The topological polar surface area (TPSA) is 144 Å². The second kappa shape index (κ2) is 8.47. The number of nitrogens with one attached hydrogen (secondary N) is 1. The summed E-state index contributed by atoms with van der Waals surface area (Å²) in [6.45, 7) is 3.59. The number of aryl methyl sites for hydroxylation is 1. The third-order valence-electron chi connectivity index (χ3n) is 5.63. The molecule has 1 atom stereocenters. The van der Waals surface area contributed by atoms with Crippen LogP contribution < -0.4 is 16.6 Å². The van der Waals surface area contributed by atoms with E-state index >= 15 is 0 Å². The lowest BCUT2D eigenvalue weighted by atomic mass is 9.88. The molecule has 168 valence electrons. The summed E-state index contributed by atoms with van der Waals surface area (Å²) in [7, 11) is 0. The van der Waals surface area contributed by atoms with Crippen molar-refractivity contribution in [1.82, 2.24) is 9.55 Å². The van der Waals surface area contributed by atoms with Crippen molar-refractivity contribution in [3.63, 3.8) is 0 Å². The van der Waals surface area contributed by atoms with Crippen molar-refractivity contribution in [3.05, 3.63) is 43.1 Å². The van der Waals surface area contributed by atoms with E-state index in [9.17, 15) is 24.3 Å². The van der Waals surface area contributed by atoms with Crippen molar-refractivity contribution < 1.29 is 19.5 Å². The first kappa shape index (κ1) is 22.2. The number of carbonyl (C=O) groups is 3. The molecule has 1 aliphatic carbocycles. The molecule has 0 saturated heterocycles. The van der Waals surface area contributed by atoms with Gasteiger partial charge >= 0.3 is 5.97 Å². The van der Waals surface area contributed by atoms with Crippen LogP contribution in [0.1, 0.15) is 57.2 Å². The van der Waals surface area contributed by atoms with Crippen molar-refractivity contribution in [2.75, 3.05) is 5.32 Å². The quantitative estimate of drug-likeness (QED) is 0.501. The number of fused-ring (bicyclic) bond motifs is 2. The van der Waals surface area contributed by atoms with Crippen LogP contribution in [-0.4, -0.2) is 32.4 Å². The fourth-order valence-electron chi connectivity index (χ4n) is 4.07. The van der Waals surface area contributed by atoms with Crippen molar-refractivity contribution in [3.8, 4) is 0 Å². The van der Waals surface area contributed by atoms with E-state index in [1.807, 2.05) is 0 Å². The Morgan fingerprint density at radius 2 is 2.12 bits per heavy atom. The zero-order chi connectivity index (χ0) is 23.2. The highest BCUT2D eigenvalue weighted by Crippen LogP contribution is 2.39. The standard InChI is InChI=1S/C21H22N4O5S2/c1-3-13-23-18-16(11(8-31-18)21(29)30)20(28)25(13)7-14(26)24-19-15(17(22)27)10-5-4-9(2)6-12(10)32-19/h8-9H,3-7H2,1-2H3,(H2,22,27)(H,24,26)(H,29,30). The van der Waals surface area contributed by atoms with E-state index in [0.717, 1.165) is 41.0 Å². The molecule has 11 heteroatoms. The van der Waals surface area contributed by atoms with Gasteiger partial charge in [-0.05, 0) is 30.7 Å². The molecule has 3 aromatic heterocycles. The highest BCUT2D eigenvalue weighted by molar-refractivity contribution is 7.17. The molecule has 0 spiro atoms. The number of hydrogen-bond acceptors (Lipinski definition) is 7. The Labute approximate surface area is 190 Å². The van der Waals surface area contributed by atoms with Gasteiger partial charge in [-0.15, -0.1) is 22.7 Å². The number of amides is 2. The van der Waals surface area contributed by atoms with Crippen molar-refractivity contribution in [2.24, 2.45) is 11.7 Å². The van der Waals surface area contributed by atoms with Gasteiger partial charge in [0, 0.05) is 16.7 Å². The van der Waals surface area contributed by atoms with Crippen LogP contribution in [0.2, 0.25) is 0 Å². The average Bonchev–Trinajstić information content (AvgIpc) is 3.30. The number of anilines is 1. The van der Waals surface area contributed by atoms with Gasteiger partial charge in [0.2, 0.25) is 5.91 Å². The van der Waals surface area contributed by atoms with Crippen molar-refractivity contribution in [1.29, 1.82) is 0 Å². The molecule has 0 bridgehead atoms. The monoisotopic (exact) mass is 474 g/mol. The third kappa shape index (κ3) is 3.82. The lowest BCUT2D eigenvalue weighted by molar-refractivity contribution is -0.116. The zero-order valence-corrected chi connectivity index (χ0v) is 19.2. The van der Waals surface area contributed by atoms with Gasteiger partial charge in [0.05, 0.1) is 16.5 Å². The molecule has 0 saturated carbocycles. The summed E-state index contributed by atoms with van der Waals surface area (Å²) in [4.78, 5) is 55.3. The minimum atomic E-state index is -1.22. The lowest BCUT2D eigenvalue weighted by Gasteiger charge is -2.18. The van der Waals surface area contributed by atoms with Crippen LogP contribution in [0.5, 0.6) is 0 Å². The number of nitrogens with zero attached hydrogens (tertiary/aromatic N) is 2. The summed E-state index contributed by atoms with van der Waals surface area (Å²) in [5.41, 5.74) is 6.14. The number of carbonyl (C=O) groups excluding carboxylic acids is 2. The van der Waals surface area contributed by atoms with Gasteiger partial charge in [-0.1, -0.05) is 13.8 Å². The zero-order valence-electron chi connectivity index (χ0n) is 17.6. The van der Waals surface area contributed by atoms with E-state index in [2.05, 4.69) is 17.2 Å². The van der Waals surface area contributed by atoms with Crippen LogP contribution in [0.25, 0.3) is 10.2 Å². The smallest absolute Gasteiger partial charge is 0.337 e. The summed E-state index contributed by atoms with van der Waals surface area (Å²) in [6, 6.07) is 0. The van der Waals surface area contributed by atoms with Crippen molar-refractivity contribution >= 4 is 55.7 Å². The fraction of sp³-hybridized carbons (Fsp3) is 0.381. The molecule has 1 aliphatic rings. The number of aromatic nitrogens is 2. The molecular formula is C21H22N4O5S2. The van der Waals surface area contributed by atoms with Crippen LogP contribution >= 0.6 is 22.7 Å². The van der Waals surface area contributed by atoms with Gasteiger partial charge in [0.1, 0.15) is 22.2 Å². The highest BCUT2D eigenvalue weighted by atomic mass is 32.1. The highest BCUT2D eigenvalue weighted by Gasteiger charge is 2.28. The Bertz CT molecular complexity index is 1320. The molecular weight excluding hydrogens is 452 g/mol. The summed E-state index contributed by atoms with van der Waals surface area (Å²) in [6.07, 6.45) is 2.89. The number of aromatic carboxylic acids is 1. The predicted molar refractivity (Wildman–Crippen MR) is 123 cm³/mol. The van der Waals surface area contributed by atoms with Gasteiger partial charge in [0.15, 0.2) is 0 Å². The van der Waals surface area contributed by atoms with E-state index in [1.54, 1.807) is 6.92 Å². The fourth-order valence-corrected chi connectivity index (χ4v) is 6.42. The molecule has 0 aromatic carbocycles. The molecule has 0 radical (unpaired) electrons. The number of thiophene rings is 2.